The molecule has 0 aliphatic carbocycles. The molecule has 4 rings (SSSR count). The van der Waals surface area contributed by atoms with Gasteiger partial charge in [-0.15, -0.1) is 0 Å². The Morgan fingerprint density at radius 3 is 2.55 bits per heavy atom. The van der Waals surface area contributed by atoms with Gasteiger partial charge < -0.3 is 19.7 Å². The van der Waals surface area contributed by atoms with E-state index in [9.17, 15) is 0 Å². The molecular weight excluding hydrogens is 426 g/mol. The van der Waals surface area contributed by atoms with Crippen LogP contribution in [0.2, 0.25) is 0 Å². The number of benzene rings is 1. The lowest BCUT2D eigenvalue weighted by molar-refractivity contribution is 0.292. The summed E-state index contributed by atoms with van der Waals surface area (Å²) in [6.07, 6.45) is 2.92. The SMILES string of the molecule is Cc1ccc(C)c(-n2c(C)cc(C3C(c4ccccn4)NC(=S)N3CCCN(C)C)c2C)c1. The molecule has 0 spiro atoms. The number of nitrogens with one attached hydrogen (secondary N) is 1. The summed E-state index contributed by atoms with van der Waals surface area (Å²) in [4.78, 5) is 9.29. The van der Waals surface area contributed by atoms with Crippen LogP contribution in [0.5, 0.6) is 0 Å². The van der Waals surface area contributed by atoms with Crippen molar-refractivity contribution in [1.29, 1.82) is 0 Å². The van der Waals surface area contributed by atoms with Crippen molar-refractivity contribution in [3.05, 3.63) is 82.4 Å². The summed E-state index contributed by atoms with van der Waals surface area (Å²) < 4.78 is 2.40. The van der Waals surface area contributed by atoms with Crippen molar-refractivity contribution in [2.24, 2.45) is 0 Å². The van der Waals surface area contributed by atoms with Crippen LogP contribution in [0.4, 0.5) is 0 Å². The van der Waals surface area contributed by atoms with E-state index in [-0.39, 0.29) is 12.1 Å². The molecule has 33 heavy (non-hydrogen) atoms. The molecule has 6 heteroatoms. The Bertz CT molecular complexity index is 1130. The average molecular weight is 462 g/mol. The number of hydrogen-bond donors (Lipinski definition) is 1. The van der Waals surface area contributed by atoms with E-state index < -0.39 is 0 Å². The Morgan fingerprint density at radius 1 is 1.06 bits per heavy atom. The van der Waals surface area contributed by atoms with Crippen LogP contribution in [0.15, 0.2) is 48.7 Å². The molecule has 2 unspecified atom stereocenters. The minimum atomic E-state index is 0.0191. The molecule has 174 valence electrons. The van der Waals surface area contributed by atoms with Crippen LogP contribution in [-0.4, -0.2) is 51.6 Å². The molecule has 1 aromatic carbocycles. The van der Waals surface area contributed by atoms with Gasteiger partial charge in [0.15, 0.2) is 5.11 Å². The van der Waals surface area contributed by atoms with Crippen molar-refractivity contribution >= 4 is 17.3 Å². The molecule has 1 aliphatic heterocycles. The van der Waals surface area contributed by atoms with Crippen molar-refractivity contribution in [3.8, 4) is 5.69 Å². The molecule has 0 saturated carbocycles. The van der Waals surface area contributed by atoms with Crippen LogP contribution in [0.3, 0.4) is 0 Å². The maximum atomic E-state index is 5.85. The average Bonchev–Trinajstić information content (AvgIpc) is 3.25. The van der Waals surface area contributed by atoms with E-state index in [0.717, 1.165) is 30.3 Å². The maximum Gasteiger partial charge on any atom is 0.170 e. The maximum absolute atomic E-state index is 5.85. The normalized spacial score (nSPS) is 18.3. The van der Waals surface area contributed by atoms with Gasteiger partial charge in [-0.1, -0.05) is 18.2 Å². The molecule has 1 saturated heterocycles. The summed E-state index contributed by atoms with van der Waals surface area (Å²) in [6.45, 7) is 10.7. The lowest BCUT2D eigenvalue weighted by Gasteiger charge is -2.28. The van der Waals surface area contributed by atoms with Gasteiger partial charge in [-0.25, -0.2) is 0 Å². The first-order valence-corrected chi connectivity index (χ1v) is 12.1. The van der Waals surface area contributed by atoms with Crippen LogP contribution in [0.25, 0.3) is 5.69 Å². The topological polar surface area (TPSA) is 36.3 Å². The van der Waals surface area contributed by atoms with Gasteiger partial charge >= 0.3 is 0 Å². The molecule has 0 amide bonds. The molecule has 1 aliphatic rings. The fourth-order valence-corrected chi connectivity index (χ4v) is 5.29. The third-order valence-corrected chi connectivity index (χ3v) is 6.95. The molecule has 3 heterocycles. The van der Waals surface area contributed by atoms with Crippen molar-refractivity contribution < 1.29 is 0 Å². The first-order valence-electron chi connectivity index (χ1n) is 11.7. The van der Waals surface area contributed by atoms with Crippen LogP contribution in [0.1, 0.15) is 52.3 Å². The van der Waals surface area contributed by atoms with Crippen LogP contribution < -0.4 is 5.32 Å². The van der Waals surface area contributed by atoms with E-state index in [2.05, 4.69) is 97.9 Å². The number of pyridine rings is 1. The van der Waals surface area contributed by atoms with Gasteiger partial charge in [0.05, 0.1) is 17.8 Å². The molecule has 5 nitrogen and oxygen atoms in total. The predicted octanol–water partition coefficient (Wildman–Crippen LogP) is 5.03. The van der Waals surface area contributed by atoms with Gasteiger partial charge in [0.25, 0.3) is 0 Å². The van der Waals surface area contributed by atoms with Crippen molar-refractivity contribution in [3.63, 3.8) is 0 Å². The number of hydrogen-bond acceptors (Lipinski definition) is 3. The lowest BCUT2D eigenvalue weighted by Crippen LogP contribution is -2.32. The molecule has 1 fully saturated rings. The third-order valence-electron chi connectivity index (χ3n) is 6.60. The standard InChI is InChI=1S/C27H35N5S/c1-18-11-12-19(2)24(16-18)32-20(3)17-22(21(32)4)26-25(23-10-7-8-13-28-23)29-27(33)31(26)15-9-14-30(5)6/h7-8,10-13,16-17,25-26H,9,14-15H2,1-6H3,(H,29,33). The Balaban J connectivity index is 1.80. The summed E-state index contributed by atoms with van der Waals surface area (Å²) in [5.41, 5.74) is 8.62. The fourth-order valence-electron chi connectivity index (χ4n) is 4.96. The highest BCUT2D eigenvalue weighted by molar-refractivity contribution is 7.80. The van der Waals surface area contributed by atoms with E-state index >= 15 is 0 Å². The largest absolute Gasteiger partial charge is 0.352 e. The summed E-state index contributed by atoms with van der Waals surface area (Å²) in [5.74, 6) is 0. The van der Waals surface area contributed by atoms with E-state index in [1.807, 2.05) is 12.3 Å². The number of rotatable bonds is 7. The highest BCUT2D eigenvalue weighted by atomic mass is 32.1. The van der Waals surface area contributed by atoms with Gasteiger partial charge in [-0.3, -0.25) is 4.98 Å². The number of aromatic nitrogens is 2. The summed E-state index contributed by atoms with van der Waals surface area (Å²) >= 11 is 5.85. The Kier molecular flexibility index (Phi) is 6.86. The number of thiocarbonyl (C=S) groups is 1. The van der Waals surface area contributed by atoms with Crippen molar-refractivity contribution in [2.45, 2.75) is 46.2 Å². The first-order chi connectivity index (χ1) is 15.8. The minimum Gasteiger partial charge on any atom is -0.352 e. The summed E-state index contributed by atoms with van der Waals surface area (Å²) in [5, 5.41) is 4.41. The molecular formula is C27H35N5S. The smallest absolute Gasteiger partial charge is 0.170 e. The summed E-state index contributed by atoms with van der Waals surface area (Å²) in [6, 6.07) is 15.2. The molecule has 0 bridgehead atoms. The number of nitrogens with zero attached hydrogens (tertiary/aromatic N) is 4. The zero-order valence-electron chi connectivity index (χ0n) is 20.6. The van der Waals surface area contributed by atoms with Gasteiger partial charge in [0, 0.05) is 29.8 Å². The van der Waals surface area contributed by atoms with Crippen LogP contribution in [-0.2, 0) is 0 Å². The van der Waals surface area contributed by atoms with Gasteiger partial charge in [0.2, 0.25) is 0 Å². The predicted molar refractivity (Wildman–Crippen MR) is 140 cm³/mol. The third kappa shape index (κ3) is 4.68. The van der Waals surface area contributed by atoms with Gasteiger partial charge in [0.1, 0.15) is 0 Å². The van der Waals surface area contributed by atoms with E-state index in [1.54, 1.807) is 0 Å². The molecule has 2 aromatic heterocycles. The number of aryl methyl sites for hydroxylation is 3. The second-order valence-electron chi connectivity index (χ2n) is 9.43. The Labute approximate surface area is 203 Å². The monoisotopic (exact) mass is 461 g/mol. The van der Waals surface area contributed by atoms with E-state index in [1.165, 1.54) is 33.8 Å². The molecule has 2 atom stereocenters. The van der Waals surface area contributed by atoms with Gasteiger partial charge in [-0.2, -0.15) is 0 Å². The van der Waals surface area contributed by atoms with E-state index in [4.69, 9.17) is 17.2 Å². The Hall–Kier alpha value is -2.70. The van der Waals surface area contributed by atoms with Gasteiger partial charge in [-0.05, 0) is 108 Å². The van der Waals surface area contributed by atoms with Crippen LogP contribution in [0, 0.1) is 27.7 Å². The molecule has 1 N–H and O–H groups in total. The zero-order valence-corrected chi connectivity index (χ0v) is 21.4. The zero-order chi connectivity index (χ0) is 23.7. The van der Waals surface area contributed by atoms with E-state index in [0.29, 0.717) is 0 Å². The first kappa shape index (κ1) is 23.5. The second-order valence-corrected chi connectivity index (χ2v) is 9.82. The molecule has 0 radical (unpaired) electrons. The quantitative estimate of drug-likeness (QED) is 0.500. The lowest BCUT2D eigenvalue weighted by atomic mass is 9.96. The fraction of sp³-hybridized carbons (Fsp3) is 0.407. The Morgan fingerprint density at radius 2 is 1.85 bits per heavy atom. The summed E-state index contributed by atoms with van der Waals surface area (Å²) in [7, 11) is 4.24. The van der Waals surface area contributed by atoms with Crippen LogP contribution >= 0.6 is 12.2 Å². The second kappa shape index (κ2) is 9.65. The highest BCUT2D eigenvalue weighted by Crippen LogP contribution is 2.41. The highest BCUT2D eigenvalue weighted by Gasteiger charge is 2.41. The van der Waals surface area contributed by atoms with Crippen molar-refractivity contribution in [2.75, 3.05) is 27.2 Å². The van der Waals surface area contributed by atoms with Crippen molar-refractivity contribution in [1.82, 2.24) is 24.7 Å². The molecule has 3 aromatic rings. The minimum absolute atomic E-state index is 0.0191.